The van der Waals surface area contributed by atoms with E-state index in [1.165, 1.54) is 24.6 Å². The average Bonchev–Trinajstić information content (AvgIpc) is 2.90. The molecule has 0 aliphatic rings. The molecule has 1 N–H and O–H groups in total. The number of nitrogens with one attached hydrogen (secondary N) is 1. The summed E-state index contributed by atoms with van der Waals surface area (Å²) in [7, 11) is 1.87. The smallest absolute Gasteiger partial charge is 0.225 e. The zero-order valence-corrected chi connectivity index (χ0v) is 13.6. The Morgan fingerprint density at radius 3 is 2.75 bits per heavy atom. The van der Waals surface area contributed by atoms with Gasteiger partial charge >= 0.3 is 0 Å². The molecule has 0 radical (unpaired) electrons. The lowest BCUT2D eigenvalue weighted by atomic mass is 10.2. The summed E-state index contributed by atoms with van der Waals surface area (Å²) in [4.78, 5) is 12.7. The van der Waals surface area contributed by atoms with Crippen molar-refractivity contribution < 1.29 is 0 Å². The third-order valence-corrected chi connectivity index (χ3v) is 4.23. The average molecular weight is 292 g/mol. The lowest BCUT2D eigenvalue weighted by Crippen LogP contribution is -2.32. The molecule has 0 aromatic carbocycles. The maximum Gasteiger partial charge on any atom is 0.225 e. The number of nitrogens with zero attached hydrogens (tertiary/aromatic N) is 3. The molecule has 0 saturated carbocycles. The van der Waals surface area contributed by atoms with Crippen molar-refractivity contribution >= 4 is 33.3 Å². The van der Waals surface area contributed by atoms with Gasteiger partial charge in [-0.25, -0.2) is 4.98 Å². The molecule has 0 saturated heterocycles. The molecule has 2 aromatic heterocycles. The van der Waals surface area contributed by atoms with Gasteiger partial charge in [0.2, 0.25) is 5.95 Å². The molecule has 2 heterocycles. The molecule has 0 fully saturated rings. The van der Waals surface area contributed by atoms with E-state index < -0.39 is 0 Å². The Bertz CT molecular complexity index is 550. The fourth-order valence-corrected chi connectivity index (χ4v) is 3.07. The highest BCUT2D eigenvalue weighted by molar-refractivity contribution is 7.16. The second kappa shape index (κ2) is 6.88. The van der Waals surface area contributed by atoms with Crippen LogP contribution in [0.3, 0.4) is 0 Å². The van der Waals surface area contributed by atoms with Crippen LogP contribution in [0.25, 0.3) is 10.2 Å². The van der Waals surface area contributed by atoms with E-state index in [-0.39, 0.29) is 0 Å². The summed E-state index contributed by atoms with van der Waals surface area (Å²) >= 11 is 1.67. The largest absolute Gasteiger partial charge is 0.357 e. The maximum atomic E-state index is 4.70. The van der Waals surface area contributed by atoms with Crippen molar-refractivity contribution in [3.05, 3.63) is 11.4 Å². The molecule has 0 atom stereocenters. The summed E-state index contributed by atoms with van der Waals surface area (Å²) in [5, 5.41) is 6.32. The van der Waals surface area contributed by atoms with Crippen LogP contribution in [0.1, 0.15) is 40.0 Å². The van der Waals surface area contributed by atoms with Gasteiger partial charge < -0.3 is 10.2 Å². The molecular weight excluding hydrogens is 268 g/mol. The van der Waals surface area contributed by atoms with Crippen molar-refractivity contribution in [2.24, 2.45) is 0 Å². The highest BCUT2D eigenvalue weighted by atomic mass is 32.1. The number of anilines is 2. The molecular formula is C15H24N4S. The summed E-state index contributed by atoms with van der Waals surface area (Å²) in [6.07, 6.45) is 3.71. The third-order valence-electron chi connectivity index (χ3n) is 3.43. The van der Waals surface area contributed by atoms with Crippen LogP contribution >= 0.6 is 11.3 Å². The topological polar surface area (TPSA) is 41.1 Å². The number of hydrogen-bond acceptors (Lipinski definition) is 5. The van der Waals surface area contributed by atoms with Crippen LogP contribution in [0, 0.1) is 0 Å². The van der Waals surface area contributed by atoms with Gasteiger partial charge in [-0.3, -0.25) is 0 Å². The minimum Gasteiger partial charge on any atom is -0.357 e. The van der Waals surface area contributed by atoms with Crippen LogP contribution in [0.5, 0.6) is 0 Å². The monoisotopic (exact) mass is 292 g/mol. The van der Waals surface area contributed by atoms with Gasteiger partial charge in [0.1, 0.15) is 10.6 Å². The van der Waals surface area contributed by atoms with Crippen LogP contribution in [0.15, 0.2) is 11.4 Å². The van der Waals surface area contributed by atoms with Gasteiger partial charge in [0.05, 0.1) is 5.39 Å². The van der Waals surface area contributed by atoms with Gasteiger partial charge in [0.15, 0.2) is 0 Å². The lowest BCUT2D eigenvalue weighted by Gasteiger charge is -2.28. The van der Waals surface area contributed by atoms with E-state index in [1.54, 1.807) is 11.3 Å². The van der Waals surface area contributed by atoms with Crippen LogP contribution in [-0.4, -0.2) is 29.6 Å². The van der Waals surface area contributed by atoms with E-state index in [2.05, 4.69) is 47.4 Å². The molecule has 0 unspecified atom stereocenters. The molecule has 20 heavy (non-hydrogen) atoms. The normalized spacial score (nSPS) is 11.2. The third kappa shape index (κ3) is 3.20. The molecule has 2 rings (SSSR count). The van der Waals surface area contributed by atoms with Crippen molar-refractivity contribution in [3.63, 3.8) is 0 Å². The lowest BCUT2D eigenvalue weighted by molar-refractivity contribution is 0.621. The predicted octanol–water partition coefficient (Wildman–Crippen LogP) is 4.14. The minimum atomic E-state index is 0.439. The second-order valence-electron chi connectivity index (χ2n) is 5.25. The predicted molar refractivity (Wildman–Crippen MR) is 89.0 cm³/mol. The fraction of sp³-hybridized carbons (Fsp3) is 0.600. The van der Waals surface area contributed by atoms with Crippen LogP contribution in [0.2, 0.25) is 0 Å². The first-order valence-corrected chi connectivity index (χ1v) is 8.25. The van der Waals surface area contributed by atoms with Crippen LogP contribution in [-0.2, 0) is 0 Å². The van der Waals surface area contributed by atoms with Crippen molar-refractivity contribution in [2.45, 2.75) is 46.1 Å². The molecule has 110 valence electrons. The SMILES string of the molecule is CCCCCN(c1nc(NC)nc2sccc12)C(C)C. The van der Waals surface area contributed by atoms with Gasteiger partial charge in [-0.15, -0.1) is 11.3 Å². The Kier molecular flexibility index (Phi) is 5.17. The molecule has 0 aliphatic carbocycles. The number of fused-ring (bicyclic) bond motifs is 1. The molecule has 0 aliphatic heterocycles. The minimum absolute atomic E-state index is 0.439. The Balaban J connectivity index is 2.38. The van der Waals surface area contributed by atoms with Gasteiger partial charge in [-0.2, -0.15) is 4.98 Å². The highest BCUT2D eigenvalue weighted by Crippen LogP contribution is 2.30. The summed E-state index contributed by atoms with van der Waals surface area (Å²) < 4.78 is 0. The molecule has 4 nitrogen and oxygen atoms in total. The Labute approximate surface area is 125 Å². The second-order valence-corrected chi connectivity index (χ2v) is 6.15. The van der Waals surface area contributed by atoms with Gasteiger partial charge in [0, 0.05) is 19.6 Å². The molecule has 0 bridgehead atoms. The van der Waals surface area contributed by atoms with E-state index in [1.807, 2.05) is 7.05 Å². The quantitative estimate of drug-likeness (QED) is 0.779. The van der Waals surface area contributed by atoms with Crippen LogP contribution < -0.4 is 10.2 Å². The highest BCUT2D eigenvalue weighted by Gasteiger charge is 2.17. The van der Waals surface area contributed by atoms with E-state index >= 15 is 0 Å². The van der Waals surface area contributed by atoms with E-state index in [9.17, 15) is 0 Å². The zero-order chi connectivity index (χ0) is 14.5. The number of thiophene rings is 1. The van der Waals surface area contributed by atoms with Gasteiger partial charge in [0.25, 0.3) is 0 Å². The summed E-state index contributed by atoms with van der Waals surface area (Å²) in [5.74, 6) is 1.77. The molecule has 0 amide bonds. The maximum absolute atomic E-state index is 4.70. The number of hydrogen-bond donors (Lipinski definition) is 1. The standard InChI is InChI=1S/C15H24N4S/c1-5-6-7-9-19(11(2)3)13-12-8-10-20-14(12)18-15(16-4)17-13/h8,10-11H,5-7,9H2,1-4H3,(H,16,17,18). The summed E-state index contributed by atoms with van der Waals surface area (Å²) in [6, 6.07) is 2.57. The first-order chi connectivity index (χ1) is 9.67. The van der Waals surface area contributed by atoms with E-state index in [4.69, 9.17) is 4.98 Å². The van der Waals surface area contributed by atoms with Gasteiger partial charge in [-0.1, -0.05) is 19.8 Å². The Morgan fingerprint density at radius 2 is 2.10 bits per heavy atom. The summed E-state index contributed by atoms with van der Waals surface area (Å²) in [5.41, 5.74) is 0. The number of rotatable bonds is 7. The number of aromatic nitrogens is 2. The van der Waals surface area contributed by atoms with Crippen molar-refractivity contribution in [2.75, 3.05) is 23.8 Å². The zero-order valence-electron chi connectivity index (χ0n) is 12.8. The fourth-order valence-electron chi connectivity index (χ4n) is 2.31. The molecule has 2 aromatic rings. The van der Waals surface area contributed by atoms with Crippen LogP contribution in [0.4, 0.5) is 11.8 Å². The molecule has 5 heteroatoms. The van der Waals surface area contributed by atoms with E-state index in [0.29, 0.717) is 12.0 Å². The number of unbranched alkanes of at least 4 members (excludes halogenated alkanes) is 2. The van der Waals surface area contributed by atoms with E-state index in [0.717, 1.165) is 17.2 Å². The molecule has 0 spiro atoms. The van der Waals surface area contributed by atoms with Gasteiger partial charge in [-0.05, 0) is 31.7 Å². The van der Waals surface area contributed by atoms with Crippen molar-refractivity contribution in [1.82, 2.24) is 9.97 Å². The van der Waals surface area contributed by atoms with Crippen molar-refractivity contribution in [1.29, 1.82) is 0 Å². The van der Waals surface area contributed by atoms with Crippen molar-refractivity contribution in [3.8, 4) is 0 Å². The first kappa shape index (κ1) is 15.0. The Morgan fingerprint density at radius 1 is 1.30 bits per heavy atom. The summed E-state index contributed by atoms with van der Waals surface area (Å²) in [6.45, 7) is 7.74. The Hall–Kier alpha value is -1.36. The first-order valence-electron chi connectivity index (χ1n) is 7.37.